The van der Waals surface area contributed by atoms with Crippen LogP contribution in [0, 0.1) is 0 Å². The van der Waals surface area contributed by atoms with E-state index in [4.69, 9.17) is 4.74 Å². The van der Waals surface area contributed by atoms with Gasteiger partial charge in [-0.1, -0.05) is 62.7 Å². The number of aromatic nitrogens is 1. The summed E-state index contributed by atoms with van der Waals surface area (Å²) in [7, 11) is 0. The minimum Gasteiger partial charge on any atom is -0.494 e. The van der Waals surface area contributed by atoms with Gasteiger partial charge in [-0.05, 0) is 72.6 Å². The van der Waals surface area contributed by atoms with E-state index in [9.17, 15) is 0 Å². The van der Waals surface area contributed by atoms with E-state index in [2.05, 4.69) is 79.5 Å². The van der Waals surface area contributed by atoms with Crippen LogP contribution in [0.5, 0.6) is 5.75 Å². The number of pyridine rings is 1. The lowest BCUT2D eigenvalue weighted by molar-refractivity contribution is 0.317. The standard InChI is InChI=1S/C26H31NO/c1-3-5-6-25-16-11-22(20-27-25)8-7-21-9-12-23(13-10-21)24-14-17-26(18-15-24)28-19-4-2/h9-18,20H,3-8,19H2,1-2H3. The third kappa shape index (κ3) is 5.95. The molecule has 0 aliphatic rings. The Bertz CT molecular complexity index is 820. The van der Waals surface area contributed by atoms with Crippen molar-refractivity contribution >= 4 is 0 Å². The van der Waals surface area contributed by atoms with Gasteiger partial charge in [0.25, 0.3) is 0 Å². The van der Waals surface area contributed by atoms with Gasteiger partial charge in [0.15, 0.2) is 0 Å². The highest BCUT2D eigenvalue weighted by molar-refractivity contribution is 5.64. The molecule has 0 spiro atoms. The Morgan fingerprint density at radius 1 is 0.679 bits per heavy atom. The van der Waals surface area contributed by atoms with Crippen molar-refractivity contribution in [3.8, 4) is 16.9 Å². The molecule has 0 bridgehead atoms. The Kier molecular flexibility index (Phi) is 7.66. The van der Waals surface area contributed by atoms with E-state index in [0.717, 1.165) is 38.0 Å². The molecule has 0 saturated heterocycles. The fourth-order valence-electron chi connectivity index (χ4n) is 3.22. The second kappa shape index (κ2) is 10.7. The number of aryl methyl sites for hydroxylation is 3. The number of nitrogens with zero attached hydrogens (tertiary/aromatic N) is 1. The lowest BCUT2D eigenvalue weighted by Gasteiger charge is -2.08. The van der Waals surface area contributed by atoms with Gasteiger partial charge in [0.2, 0.25) is 0 Å². The van der Waals surface area contributed by atoms with Crippen molar-refractivity contribution in [3.05, 3.63) is 83.7 Å². The van der Waals surface area contributed by atoms with Gasteiger partial charge in [0.05, 0.1) is 6.61 Å². The maximum Gasteiger partial charge on any atom is 0.119 e. The highest BCUT2D eigenvalue weighted by Crippen LogP contribution is 2.23. The molecule has 0 saturated carbocycles. The Hall–Kier alpha value is -2.61. The minimum atomic E-state index is 0.769. The van der Waals surface area contributed by atoms with Crippen LogP contribution < -0.4 is 4.74 Å². The minimum absolute atomic E-state index is 0.769. The van der Waals surface area contributed by atoms with Crippen LogP contribution >= 0.6 is 0 Å². The van der Waals surface area contributed by atoms with Crippen LogP contribution in [0.4, 0.5) is 0 Å². The van der Waals surface area contributed by atoms with Crippen molar-refractivity contribution < 1.29 is 4.74 Å². The summed E-state index contributed by atoms with van der Waals surface area (Å²) in [6.07, 6.45) is 8.67. The summed E-state index contributed by atoms with van der Waals surface area (Å²) in [4.78, 5) is 4.60. The number of hydrogen-bond acceptors (Lipinski definition) is 2. The molecule has 0 amide bonds. The molecule has 3 aromatic rings. The van der Waals surface area contributed by atoms with Crippen LogP contribution in [-0.2, 0) is 19.3 Å². The monoisotopic (exact) mass is 373 g/mol. The Balaban J connectivity index is 1.54. The lowest BCUT2D eigenvalue weighted by Crippen LogP contribution is -1.95. The lowest BCUT2D eigenvalue weighted by atomic mass is 10.0. The molecule has 1 aromatic heterocycles. The van der Waals surface area contributed by atoms with Crippen molar-refractivity contribution in [2.45, 2.75) is 52.4 Å². The van der Waals surface area contributed by atoms with Crippen LogP contribution in [0.2, 0.25) is 0 Å². The molecule has 146 valence electrons. The van der Waals surface area contributed by atoms with Gasteiger partial charge in [-0.3, -0.25) is 4.98 Å². The third-order valence-corrected chi connectivity index (χ3v) is 4.99. The average Bonchev–Trinajstić information content (AvgIpc) is 2.76. The van der Waals surface area contributed by atoms with Gasteiger partial charge in [-0.15, -0.1) is 0 Å². The van der Waals surface area contributed by atoms with E-state index in [-0.39, 0.29) is 0 Å². The molecular weight excluding hydrogens is 342 g/mol. The zero-order valence-electron chi connectivity index (χ0n) is 17.2. The van der Waals surface area contributed by atoms with Crippen molar-refractivity contribution in [2.75, 3.05) is 6.61 Å². The predicted octanol–water partition coefficient (Wildman–Crippen LogP) is 6.67. The smallest absolute Gasteiger partial charge is 0.119 e. The van der Waals surface area contributed by atoms with Gasteiger partial charge in [-0.25, -0.2) is 0 Å². The number of ether oxygens (including phenoxy) is 1. The van der Waals surface area contributed by atoms with Crippen LogP contribution in [-0.4, -0.2) is 11.6 Å². The van der Waals surface area contributed by atoms with Gasteiger partial charge in [-0.2, -0.15) is 0 Å². The number of unbranched alkanes of at least 4 members (excludes halogenated alkanes) is 1. The summed E-state index contributed by atoms with van der Waals surface area (Å²) in [5.74, 6) is 0.941. The molecule has 0 aliphatic carbocycles. The second-order valence-corrected chi connectivity index (χ2v) is 7.33. The predicted molar refractivity (Wildman–Crippen MR) is 118 cm³/mol. The van der Waals surface area contributed by atoms with Gasteiger partial charge in [0.1, 0.15) is 5.75 Å². The summed E-state index contributed by atoms with van der Waals surface area (Å²) >= 11 is 0. The first-order valence-corrected chi connectivity index (χ1v) is 10.5. The number of benzene rings is 2. The first-order valence-electron chi connectivity index (χ1n) is 10.5. The Labute approximate surface area is 169 Å². The molecule has 0 unspecified atom stereocenters. The van der Waals surface area contributed by atoms with Crippen LogP contribution in [0.15, 0.2) is 66.9 Å². The first kappa shape index (κ1) is 20.1. The number of hydrogen-bond donors (Lipinski definition) is 0. The topological polar surface area (TPSA) is 22.1 Å². The largest absolute Gasteiger partial charge is 0.494 e. The fraction of sp³-hybridized carbons (Fsp3) is 0.346. The summed E-state index contributed by atoms with van der Waals surface area (Å²) in [6, 6.07) is 21.7. The van der Waals surface area contributed by atoms with E-state index in [1.54, 1.807) is 0 Å². The normalized spacial score (nSPS) is 10.8. The Morgan fingerprint density at radius 2 is 1.32 bits per heavy atom. The number of rotatable bonds is 10. The molecular formula is C26H31NO. The molecule has 0 radical (unpaired) electrons. The summed E-state index contributed by atoms with van der Waals surface area (Å²) in [6.45, 7) is 5.11. The first-order chi connectivity index (χ1) is 13.8. The SMILES string of the molecule is CCCCc1ccc(CCc2ccc(-c3ccc(OCCC)cc3)cc2)cn1. The van der Waals surface area contributed by atoms with Crippen molar-refractivity contribution in [2.24, 2.45) is 0 Å². The van der Waals surface area contributed by atoms with Crippen LogP contribution in [0.1, 0.15) is 49.9 Å². The third-order valence-electron chi connectivity index (χ3n) is 4.99. The molecule has 0 fully saturated rings. The summed E-state index contributed by atoms with van der Waals surface area (Å²) in [5, 5.41) is 0. The average molecular weight is 374 g/mol. The van der Waals surface area contributed by atoms with E-state index in [1.807, 2.05) is 6.20 Å². The maximum absolute atomic E-state index is 5.66. The van der Waals surface area contributed by atoms with Gasteiger partial charge < -0.3 is 4.74 Å². The van der Waals surface area contributed by atoms with Crippen molar-refractivity contribution in [3.63, 3.8) is 0 Å². The molecule has 1 heterocycles. The van der Waals surface area contributed by atoms with E-state index in [1.165, 1.54) is 40.8 Å². The van der Waals surface area contributed by atoms with Crippen molar-refractivity contribution in [1.82, 2.24) is 4.98 Å². The Morgan fingerprint density at radius 3 is 1.93 bits per heavy atom. The van der Waals surface area contributed by atoms with E-state index >= 15 is 0 Å². The van der Waals surface area contributed by atoms with Gasteiger partial charge in [0, 0.05) is 11.9 Å². The summed E-state index contributed by atoms with van der Waals surface area (Å²) < 4.78 is 5.66. The maximum atomic E-state index is 5.66. The molecule has 2 aromatic carbocycles. The second-order valence-electron chi connectivity index (χ2n) is 7.33. The molecule has 0 aliphatic heterocycles. The quantitative estimate of drug-likeness (QED) is 0.396. The molecule has 2 heteroatoms. The van der Waals surface area contributed by atoms with E-state index < -0.39 is 0 Å². The summed E-state index contributed by atoms with van der Waals surface area (Å²) in [5.41, 5.74) is 6.35. The highest BCUT2D eigenvalue weighted by atomic mass is 16.5. The molecule has 28 heavy (non-hydrogen) atoms. The van der Waals surface area contributed by atoms with Gasteiger partial charge >= 0.3 is 0 Å². The highest BCUT2D eigenvalue weighted by Gasteiger charge is 2.02. The van der Waals surface area contributed by atoms with Crippen molar-refractivity contribution in [1.29, 1.82) is 0 Å². The van der Waals surface area contributed by atoms with Crippen LogP contribution in [0.25, 0.3) is 11.1 Å². The van der Waals surface area contributed by atoms with E-state index in [0.29, 0.717) is 0 Å². The fourth-order valence-corrected chi connectivity index (χ4v) is 3.22. The zero-order chi connectivity index (χ0) is 19.6. The zero-order valence-corrected chi connectivity index (χ0v) is 17.2. The molecule has 0 N–H and O–H groups in total. The van der Waals surface area contributed by atoms with Crippen LogP contribution in [0.3, 0.4) is 0 Å². The molecule has 3 rings (SSSR count). The molecule has 0 atom stereocenters. The molecule has 2 nitrogen and oxygen atoms in total.